The topological polar surface area (TPSA) is 101 Å². The van der Waals surface area contributed by atoms with Crippen LogP contribution in [0.4, 0.5) is 10.1 Å². The molecule has 1 fully saturated rings. The Morgan fingerprint density at radius 1 is 1.26 bits per heavy atom. The van der Waals surface area contributed by atoms with Crippen LogP contribution in [0.3, 0.4) is 0 Å². The molecule has 1 aromatic heterocycles. The van der Waals surface area contributed by atoms with Gasteiger partial charge < -0.3 is 16.0 Å². The number of amides is 2. The summed E-state index contributed by atoms with van der Waals surface area (Å²) in [6.45, 7) is 3.41. The van der Waals surface area contributed by atoms with E-state index >= 15 is 0 Å². The maximum absolute atomic E-state index is 12.9. The monoisotopic (exact) mass is 396 g/mol. The van der Waals surface area contributed by atoms with Gasteiger partial charge in [-0.25, -0.2) is 9.07 Å². The van der Waals surface area contributed by atoms with Gasteiger partial charge in [0.2, 0.25) is 5.91 Å². The van der Waals surface area contributed by atoms with Crippen LogP contribution in [0.5, 0.6) is 0 Å². The number of rotatable bonds is 5. The van der Waals surface area contributed by atoms with E-state index in [2.05, 4.69) is 26.3 Å². The molecule has 1 aromatic carbocycles. The molecule has 2 aromatic rings. The highest BCUT2D eigenvalue weighted by atomic mass is 35.5. The molecule has 0 atom stereocenters. The van der Waals surface area contributed by atoms with Crippen molar-refractivity contribution in [3.05, 3.63) is 41.5 Å². The highest BCUT2D eigenvalue weighted by Gasteiger charge is 2.23. The minimum Gasteiger partial charge on any atom is -0.342 e. The molecule has 2 heterocycles. The zero-order valence-electron chi connectivity index (χ0n) is 14.9. The second kappa shape index (κ2) is 9.43. The molecule has 0 radical (unpaired) electrons. The number of nitrogens with one attached hydrogen (secondary N) is 3. The molecule has 10 heteroatoms. The molecular weight excluding hydrogens is 375 g/mol. The fourth-order valence-corrected chi connectivity index (χ4v) is 2.93. The summed E-state index contributed by atoms with van der Waals surface area (Å²) in [5.41, 5.74) is 1.37. The number of hydrogen-bond donors (Lipinski definition) is 3. The summed E-state index contributed by atoms with van der Waals surface area (Å²) in [6.07, 6.45) is 1.87. The van der Waals surface area contributed by atoms with Crippen LogP contribution in [0.25, 0.3) is 0 Å². The van der Waals surface area contributed by atoms with Gasteiger partial charge in [-0.05, 0) is 57.1 Å². The minimum atomic E-state index is -0.447. The fraction of sp³-hybridized carbons (Fsp3) is 0.412. The minimum absolute atomic E-state index is 0. The average Bonchev–Trinajstić information content (AvgIpc) is 3.04. The second-order valence-electron chi connectivity index (χ2n) is 6.19. The predicted octanol–water partition coefficient (Wildman–Crippen LogP) is 1.44. The first-order valence-electron chi connectivity index (χ1n) is 8.50. The van der Waals surface area contributed by atoms with Crippen molar-refractivity contribution in [2.45, 2.75) is 25.8 Å². The van der Waals surface area contributed by atoms with Gasteiger partial charge in [-0.3, -0.25) is 9.59 Å². The molecule has 0 unspecified atom stereocenters. The van der Waals surface area contributed by atoms with E-state index in [0.29, 0.717) is 11.4 Å². The number of piperidine rings is 1. The third-order valence-corrected chi connectivity index (χ3v) is 4.33. The molecule has 146 valence electrons. The molecule has 1 saturated heterocycles. The zero-order chi connectivity index (χ0) is 18.5. The van der Waals surface area contributed by atoms with E-state index in [1.165, 1.54) is 24.3 Å². The zero-order valence-corrected chi connectivity index (χ0v) is 15.7. The number of anilines is 1. The first-order chi connectivity index (χ1) is 12.5. The van der Waals surface area contributed by atoms with Crippen molar-refractivity contribution in [1.29, 1.82) is 0 Å². The van der Waals surface area contributed by atoms with Crippen molar-refractivity contribution < 1.29 is 14.0 Å². The van der Waals surface area contributed by atoms with Gasteiger partial charge in [-0.1, -0.05) is 5.21 Å². The molecule has 27 heavy (non-hydrogen) atoms. The molecule has 0 bridgehead atoms. The largest absolute Gasteiger partial charge is 0.342 e. The third kappa shape index (κ3) is 5.24. The Morgan fingerprint density at radius 3 is 2.59 bits per heavy atom. The summed E-state index contributed by atoms with van der Waals surface area (Å²) in [6, 6.07) is 5.62. The Morgan fingerprint density at radius 2 is 1.93 bits per heavy atom. The van der Waals surface area contributed by atoms with Crippen molar-refractivity contribution >= 4 is 29.9 Å². The van der Waals surface area contributed by atoms with Crippen LogP contribution < -0.4 is 16.0 Å². The standard InChI is InChI=1S/C17H21FN6O2.ClH/c1-11-16(22-23-24(11)14-6-8-19-9-7-14)17(26)20-10-15(25)21-13-4-2-12(18)3-5-13;/h2-5,14,19H,6-10H2,1H3,(H,20,26)(H,21,25);1H. The van der Waals surface area contributed by atoms with E-state index in [-0.39, 0.29) is 36.5 Å². The van der Waals surface area contributed by atoms with Crippen LogP contribution in [0.15, 0.2) is 24.3 Å². The number of aromatic nitrogens is 3. The SMILES string of the molecule is Cc1c(C(=O)NCC(=O)Nc2ccc(F)cc2)nnn1C1CCNCC1.Cl. The van der Waals surface area contributed by atoms with Crippen molar-refractivity contribution in [2.75, 3.05) is 25.0 Å². The number of halogens is 2. The summed E-state index contributed by atoms with van der Waals surface area (Å²) in [7, 11) is 0. The number of carbonyl (C=O) groups is 2. The second-order valence-corrected chi connectivity index (χ2v) is 6.19. The van der Waals surface area contributed by atoms with Crippen molar-refractivity contribution in [3.8, 4) is 0 Å². The highest BCUT2D eigenvalue weighted by Crippen LogP contribution is 2.20. The number of benzene rings is 1. The summed E-state index contributed by atoms with van der Waals surface area (Å²) in [4.78, 5) is 24.2. The number of nitrogens with zero attached hydrogens (tertiary/aromatic N) is 3. The fourth-order valence-electron chi connectivity index (χ4n) is 2.93. The molecule has 8 nitrogen and oxygen atoms in total. The molecule has 1 aliphatic heterocycles. The quantitative estimate of drug-likeness (QED) is 0.710. The highest BCUT2D eigenvalue weighted by molar-refractivity contribution is 5.98. The maximum atomic E-state index is 12.9. The van der Waals surface area contributed by atoms with Crippen molar-refractivity contribution in [1.82, 2.24) is 25.6 Å². The Hall–Kier alpha value is -2.52. The summed E-state index contributed by atoms with van der Waals surface area (Å²) in [5.74, 6) is -1.24. The lowest BCUT2D eigenvalue weighted by Gasteiger charge is -2.23. The molecule has 0 saturated carbocycles. The van der Waals surface area contributed by atoms with Crippen LogP contribution in [-0.4, -0.2) is 46.4 Å². The molecule has 0 spiro atoms. The summed E-state index contributed by atoms with van der Waals surface area (Å²) >= 11 is 0. The Balaban J connectivity index is 0.00000261. The van der Waals surface area contributed by atoms with Gasteiger partial charge >= 0.3 is 0 Å². The number of hydrogen-bond acceptors (Lipinski definition) is 5. The van der Waals surface area contributed by atoms with Gasteiger partial charge in [0, 0.05) is 5.69 Å². The predicted molar refractivity (Wildman–Crippen MR) is 101 cm³/mol. The van der Waals surface area contributed by atoms with Gasteiger partial charge in [-0.15, -0.1) is 17.5 Å². The lowest BCUT2D eigenvalue weighted by Crippen LogP contribution is -2.33. The van der Waals surface area contributed by atoms with Crippen molar-refractivity contribution in [3.63, 3.8) is 0 Å². The van der Waals surface area contributed by atoms with E-state index in [0.717, 1.165) is 25.9 Å². The van der Waals surface area contributed by atoms with Gasteiger partial charge in [0.15, 0.2) is 5.69 Å². The molecular formula is C17H22ClFN6O2. The summed E-state index contributed by atoms with van der Waals surface area (Å²) in [5, 5.41) is 16.5. The molecule has 1 aliphatic rings. The first-order valence-corrected chi connectivity index (χ1v) is 8.50. The molecule has 0 aliphatic carbocycles. The van der Waals surface area contributed by atoms with Crippen molar-refractivity contribution in [2.24, 2.45) is 0 Å². The first kappa shape index (κ1) is 20.8. The third-order valence-electron chi connectivity index (χ3n) is 4.33. The van der Waals surface area contributed by atoms with Gasteiger partial charge in [-0.2, -0.15) is 0 Å². The lowest BCUT2D eigenvalue weighted by atomic mass is 10.1. The smallest absolute Gasteiger partial charge is 0.274 e. The van der Waals surface area contributed by atoms with E-state index < -0.39 is 11.8 Å². The van der Waals surface area contributed by atoms with Gasteiger partial charge in [0.05, 0.1) is 18.3 Å². The van der Waals surface area contributed by atoms with E-state index in [1.54, 1.807) is 11.6 Å². The van der Waals surface area contributed by atoms with Crippen LogP contribution in [0.1, 0.15) is 35.1 Å². The molecule has 3 rings (SSSR count). The van der Waals surface area contributed by atoms with E-state index in [9.17, 15) is 14.0 Å². The van der Waals surface area contributed by atoms with Crippen LogP contribution in [-0.2, 0) is 4.79 Å². The summed E-state index contributed by atoms with van der Waals surface area (Å²) < 4.78 is 14.6. The van der Waals surface area contributed by atoms with Crippen LogP contribution in [0, 0.1) is 12.7 Å². The average molecular weight is 397 g/mol. The van der Waals surface area contributed by atoms with Crippen LogP contribution >= 0.6 is 12.4 Å². The Labute approximate surface area is 162 Å². The van der Waals surface area contributed by atoms with Gasteiger partial charge in [0.25, 0.3) is 5.91 Å². The van der Waals surface area contributed by atoms with E-state index in [4.69, 9.17) is 0 Å². The Bertz CT molecular complexity index is 789. The van der Waals surface area contributed by atoms with E-state index in [1.807, 2.05) is 0 Å². The molecule has 3 N–H and O–H groups in total. The lowest BCUT2D eigenvalue weighted by molar-refractivity contribution is -0.115. The molecule has 2 amide bonds. The normalized spacial score (nSPS) is 14.3. The maximum Gasteiger partial charge on any atom is 0.274 e. The van der Waals surface area contributed by atoms with Crippen LogP contribution in [0.2, 0.25) is 0 Å². The number of carbonyl (C=O) groups excluding carboxylic acids is 2. The van der Waals surface area contributed by atoms with Gasteiger partial charge in [0.1, 0.15) is 5.82 Å². The Kier molecular flexibility index (Phi) is 7.26.